The van der Waals surface area contributed by atoms with Crippen molar-refractivity contribution in [2.75, 3.05) is 5.75 Å². The van der Waals surface area contributed by atoms with Crippen molar-refractivity contribution < 1.29 is 4.79 Å². The molecule has 3 aromatic rings. The first-order valence-electron chi connectivity index (χ1n) is 7.54. The highest BCUT2D eigenvalue weighted by Gasteiger charge is 2.21. The van der Waals surface area contributed by atoms with Crippen molar-refractivity contribution in [3.63, 3.8) is 0 Å². The molecule has 25 heavy (non-hydrogen) atoms. The van der Waals surface area contributed by atoms with E-state index in [0.717, 1.165) is 11.4 Å². The van der Waals surface area contributed by atoms with E-state index in [9.17, 15) is 9.59 Å². The molecule has 0 saturated heterocycles. The zero-order chi connectivity index (χ0) is 18.0. The van der Waals surface area contributed by atoms with E-state index < -0.39 is 5.91 Å². The molecule has 0 aliphatic heterocycles. The fraction of sp³-hybridized carbons (Fsp3) is 0.267. The lowest BCUT2D eigenvalue weighted by atomic mass is 10.3. The third kappa shape index (κ3) is 3.20. The molecule has 9 nitrogen and oxygen atoms in total. The number of tetrazole rings is 1. The lowest BCUT2D eigenvalue weighted by Crippen LogP contribution is -2.22. The first-order valence-corrected chi connectivity index (χ1v) is 8.53. The Morgan fingerprint density at radius 1 is 1.28 bits per heavy atom. The van der Waals surface area contributed by atoms with Crippen molar-refractivity contribution in [3.05, 3.63) is 46.4 Å². The van der Waals surface area contributed by atoms with E-state index in [1.54, 1.807) is 16.4 Å². The van der Waals surface area contributed by atoms with Crippen LogP contribution in [0.15, 0.2) is 40.3 Å². The van der Waals surface area contributed by atoms with E-state index in [1.807, 2.05) is 37.3 Å². The minimum absolute atomic E-state index is 0.208. The van der Waals surface area contributed by atoms with Crippen LogP contribution in [0, 0.1) is 6.92 Å². The Morgan fingerprint density at radius 2 is 2.00 bits per heavy atom. The third-order valence-electron chi connectivity index (χ3n) is 3.76. The molecule has 2 aromatic heterocycles. The van der Waals surface area contributed by atoms with Gasteiger partial charge in [0.25, 0.3) is 5.56 Å². The fourth-order valence-corrected chi connectivity index (χ4v) is 3.28. The lowest BCUT2D eigenvalue weighted by Gasteiger charge is -2.07. The summed E-state index contributed by atoms with van der Waals surface area (Å²) in [5.74, 6) is 0.0444. The molecular weight excluding hydrogens is 342 g/mol. The zero-order valence-corrected chi connectivity index (χ0v) is 14.6. The number of hydrogen-bond donors (Lipinski definition) is 1. The van der Waals surface area contributed by atoms with E-state index in [1.165, 1.54) is 16.4 Å². The molecule has 1 aromatic carbocycles. The predicted molar refractivity (Wildman–Crippen MR) is 93.0 cm³/mol. The second-order valence-electron chi connectivity index (χ2n) is 5.35. The SMILES string of the molecule is Cc1c(-n2nnnc2SCCC(N)=O)c(=O)n(-c2ccccc2)n1C. The number of benzene rings is 1. The summed E-state index contributed by atoms with van der Waals surface area (Å²) in [6, 6.07) is 9.33. The zero-order valence-electron chi connectivity index (χ0n) is 13.8. The topological polar surface area (TPSA) is 114 Å². The number of amides is 1. The van der Waals surface area contributed by atoms with E-state index in [0.29, 0.717) is 16.6 Å². The molecule has 0 unspecified atom stereocenters. The quantitative estimate of drug-likeness (QED) is 0.638. The molecule has 130 valence electrons. The van der Waals surface area contributed by atoms with Crippen LogP contribution < -0.4 is 11.3 Å². The van der Waals surface area contributed by atoms with Gasteiger partial charge in [0.2, 0.25) is 11.1 Å². The Balaban J connectivity index is 2.04. The molecule has 2 N–H and O–H groups in total. The molecule has 10 heteroatoms. The Labute approximate surface area is 147 Å². The minimum Gasteiger partial charge on any atom is -0.370 e. The highest BCUT2D eigenvalue weighted by molar-refractivity contribution is 7.99. The van der Waals surface area contributed by atoms with Gasteiger partial charge in [-0.05, 0) is 29.5 Å². The maximum Gasteiger partial charge on any atom is 0.297 e. The summed E-state index contributed by atoms with van der Waals surface area (Å²) in [5, 5.41) is 12.0. The normalized spacial score (nSPS) is 11.0. The number of aromatic nitrogens is 6. The number of hydrogen-bond acceptors (Lipinski definition) is 6. The fourth-order valence-electron chi connectivity index (χ4n) is 2.45. The Morgan fingerprint density at radius 3 is 2.68 bits per heavy atom. The van der Waals surface area contributed by atoms with Crippen LogP contribution in [0.3, 0.4) is 0 Å². The van der Waals surface area contributed by atoms with Gasteiger partial charge in [0, 0.05) is 19.2 Å². The average Bonchev–Trinajstić information content (AvgIpc) is 3.11. The summed E-state index contributed by atoms with van der Waals surface area (Å²) in [5.41, 5.74) is 6.77. The average molecular weight is 359 g/mol. The summed E-state index contributed by atoms with van der Waals surface area (Å²) in [7, 11) is 1.80. The monoisotopic (exact) mass is 359 g/mol. The smallest absolute Gasteiger partial charge is 0.297 e. The number of para-hydroxylation sites is 1. The van der Waals surface area contributed by atoms with Gasteiger partial charge in [-0.2, -0.15) is 4.68 Å². The largest absolute Gasteiger partial charge is 0.370 e. The van der Waals surface area contributed by atoms with Crippen LogP contribution in [0.25, 0.3) is 11.4 Å². The van der Waals surface area contributed by atoms with Gasteiger partial charge < -0.3 is 5.73 Å². The minimum atomic E-state index is -0.395. The lowest BCUT2D eigenvalue weighted by molar-refractivity contribution is -0.117. The van der Waals surface area contributed by atoms with Crippen LogP contribution >= 0.6 is 11.8 Å². The molecule has 0 bridgehead atoms. The van der Waals surface area contributed by atoms with E-state index in [2.05, 4.69) is 15.5 Å². The van der Waals surface area contributed by atoms with Gasteiger partial charge in [0.15, 0.2) is 5.69 Å². The highest BCUT2D eigenvalue weighted by Crippen LogP contribution is 2.20. The maximum absolute atomic E-state index is 13.0. The Kier molecular flexibility index (Phi) is 4.70. The predicted octanol–water partition coefficient (Wildman–Crippen LogP) is 0.428. The van der Waals surface area contributed by atoms with Crippen molar-refractivity contribution in [2.24, 2.45) is 12.8 Å². The van der Waals surface area contributed by atoms with E-state index >= 15 is 0 Å². The Hall–Kier alpha value is -2.88. The number of rotatable bonds is 6. The molecular formula is C15H17N7O2S. The molecule has 0 aliphatic carbocycles. The van der Waals surface area contributed by atoms with Crippen LogP contribution in [-0.2, 0) is 11.8 Å². The van der Waals surface area contributed by atoms with Gasteiger partial charge in [0.05, 0.1) is 11.4 Å². The third-order valence-corrected chi connectivity index (χ3v) is 4.68. The molecule has 0 saturated carbocycles. The van der Waals surface area contributed by atoms with E-state index in [-0.39, 0.29) is 12.0 Å². The second-order valence-corrected chi connectivity index (χ2v) is 6.41. The summed E-state index contributed by atoms with van der Waals surface area (Å²) in [6.45, 7) is 1.83. The van der Waals surface area contributed by atoms with Gasteiger partial charge in [-0.3, -0.25) is 14.3 Å². The summed E-state index contributed by atoms with van der Waals surface area (Å²) < 4.78 is 4.72. The molecule has 2 heterocycles. The highest BCUT2D eigenvalue weighted by atomic mass is 32.2. The summed E-state index contributed by atoms with van der Waals surface area (Å²) >= 11 is 1.27. The summed E-state index contributed by atoms with van der Waals surface area (Å²) in [4.78, 5) is 23.9. The van der Waals surface area contributed by atoms with Crippen LogP contribution in [0.1, 0.15) is 12.1 Å². The molecule has 0 aliphatic rings. The molecule has 3 rings (SSSR count). The van der Waals surface area contributed by atoms with Gasteiger partial charge >= 0.3 is 0 Å². The van der Waals surface area contributed by atoms with Crippen LogP contribution in [0.5, 0.6) is 0 Å². The van der Waals surface area contributed by atoms with E-state index in [4.69, 9.17) is 5.73 Å². The van der Waals surface area contributed by atoms with Crippen molar-refractivity contribution >= 4 is 17.7 Å². The van der Waals surface area contributed by atoms with Crippen LogP contribution in [0.2, 0.25) is 0 Å². The number of primary amides is 1. The van der Waals surface area contributed by atoms with Gasteiger partial charge in [-0.15, -0.1) is 5.10 Å². The number of nitrogens with zero attached hydrogens (tertiary/aromatic N) is 6. The van der Waals surface area contributed by atoms with Crippen LogP contribution in [0.4, 0.5) is 0 Å². The van der Waals surface area contributed by atoms with Crippen molar-refractivity contribution in [3.8, 4) is 11.4 Å². The van der Waals surface area contributed by atoms with Gasteiger partial charge in [-0.25, -0.2) is 4.68 Å². The molecule has 0 atom stereocenters. The summed E-state index contributed by atoms with van der Waals surface area (Å²) in [6.07, 6.45) is 0.208. The maximum atomic E-state index is 13.0. The number of nitrogens with two attached hydrogens (primary N) is 1. The molecule has 0 spiro atoms. The van der Waals surface area contributed by atoms with Crippen molar-refractivity contribution in [1.29, 1.82) is 0 Å². The Bertz CT molecular complexity index is 958. The van der Waals surface area contributed by atoms with Crippen molar-refractivity contribution in [1.82, 2.24) is 29.6 Å². The first kappa shape index (κ1) is 17.0. The first-order chi connectivity index (χ1) is 12.0. The van der Waals surface area contributed by atoms with Gasteiger partial charge in [-0.1, -0.05) is 30.0 Å². The number of carbonyl (C=O) groups is 1. The van der Waals surface area contributed by atoms with Gasteiger partial charge in [0.1, 0.15) is 0 Å². The second kappa shape index (κ2) is 6.93. The molecule has 0 fully saturated rings. The van der Waals surface area contributed by atoms with Crippen LogP contribution in [-0.4, -0.2) is 41.2 Å². The number of thioether (sulfide) groups is 1. The van der Waals surface area contributed by atoms with Crippen molar-refractivity contribution in [2.45, 2.75) is 18.5 Å². The standard InChI is InChI=1S/C15H17N7O2S/c1-10-13(21-15(17-18-19-21)25-9-8-12(16)23)14(24)22(20(10)2)11-6-4-3-5-7-11/h3-7H,8-9H2,1-2H3,(H2,16,23). The number of carbonyl (C=O) groups excluding carboxylic acids is 1. The molecule has 0 radical (unpaired) electrons. The molecule has 1 amide bonds.